The topological polar surface area (TPSA) is 42.2 Å². The van der Waals surface area contributed by atoms with Crippen LogP contribution in [0.3, 0.4) is 0 Å². The van der Waals surface area contributed by atoms with E-state index in [0.717, 1.165) is 22.5 Å². The third-order valence-corrected chi connectivity index (χ3v) is 4.07. The van der Waals surface area contributed by atoms with Gasteiger partial charge in [-0.05, 0) is 27.9 Å². The average molecular weight is 329 g/mol. The van der Waals surface area contributed by atoms with Crippen molar-refractivity contribution in [2.45, 2.75) is 18.4 Å². The molecule has 20 heavy (non-hydrogen) atoms. The fourth-order valence-electron chi connectivity index (χ4n) is 2.60. The molecule has 1 fully saturated rings. The van der Waals surface area contributed by atoms with E-state index in [2.05, 4.69) is 61.5 Å². The molecule has 2 atom stereocenters. The summed E-state index contributed by atoms with van der Waals surface area (Å²) in [5.41, 5.74) is 2.26. The Kier molecular flexibility index (Phi) is 2.73. The molecular weight excluding hydrogens is 316 g/mol. The molecule has 5 heteroatoms. The van der Waals surface area contributed by atoms with Gasteiger partial charge in [0.25, 0.3) is 0 Å². The van der Waals surface area contributed by atoms with E-state index < -0.39 is 0 Å². The van der Waals surface area contributed by atoms with E-state index in [9.17, 15) is 0 Å². The molecular formula is C15H13BrN4. The molecule has 0 aliphatic heterocycles. The Bertz CT molecular complexity index is 753. The van der Waals surface area contributed by atoms with Crippen LogP contribution in [0.4, 0.5) is 5.82 Å². The van der Waals surface area contributed by atoms with Crippen molar-refractivity contribution >= 4 is 27.4 Å². The Hall–Kier alpha value is -1.88. The second-order valence-electron chi connectivity index (χ2n) is 5.07. The quantitative estimate of drug-likeness (QED) is 0.800. The lowest BCUT2D eigenvalue weighted by Crippen LogP contribution is -2.08. The standard InChI is InChI=1S/C15H13BrN4/c16-13-9-20-7-6-17-15(20)14(19-13)18-12-8-11(12)10-4-2-1-3-5-10/h1-7,9,11-12H,8H2,(H,18,19). The minimum absolute atomic E-state index is 0.444. The van der Waals surface area contributed by atoms with Gasteiger partial charge in [0.2, 0.25) is 0 Å². The summed E-state index contributed by atoms with van der Waals surface area (Å²) in [6, 6.07) is 11.1. The van der Waals surface area contributed by atoms with Gasteiger partial charge in [0.05, 0.1) is 0 Å². The molecule has 3 aromatic rings. The summed E-state index contributed by atoms with van der Waals surface area (Å²) in [7, 11) is 0. The zero-order valence-electron chi connectivity index (χ0n) is 10.7. The lowest BCUT2D eigenvalue weighted by Gasteiger charge is -2.07. The van der Waals surface area contributed by atoms with Gasteiger partial charge in [-0.3, -0.25) is 0 Å². The molecule has 4 rings (SSSR count). The average Bonchev–Trinajstić information content (AvgIpc) is 3.06. The molecule has 2 aromatic heterocycles. The van der Waals surface area contributed by atoms with Crippen molar-refractivity contribution in [3.05, 3.63) is 59.1 Å². The van der Waals surface area contributed by atoms with Crippen molar-refractivity contribution in [2.75, 3.05) is 5.32 Å². The van der Waals surface area contributed by atoms with Gasteiger partial charge in [-0.2, -0.15) is 0 Å². The van der Waals surface area contributed by atoms with Gasteiger partial charge < -0.3 is 9.72 Å². The van der Waals surface area contributed by atoms with Crippen LogP contribution in [0, 0.1) is 0 Å². The Morgan fingerprint density at radius 2 is 2.10 bits per heavy atom. The van der Waals surface area contributed by atoms with Gasteiger partial charge in [-0.25, -0.2) is 9.97 Å². The highest BCUT2D eigenvalue weighted by Gasteiger charge is 2.38. The van der Waals surface area contributed by atoms with Crippen molar-refractivity contribution < 1.29 is 0 Å². The van der Waals surface area contributed by atoms with Crippen LogP contribution in [0.5, 0.6) is 0 Å². The van der Waals surface area contributed by atoms with E-state index in [1.165, 1.54) is 5.56 Å². The molecule has 1 saturated carbocycles. The molecule has 0 amide bonds. The summed E-state index contributed by atoms with van der Waals surface area (Å²) in [6.45, 7) is 0. The molecule has 2 heterocycles. The van der Waals surface area contributed by atoms with Crippen LogP contribution in [0.2, 0.25) is 0 Å². The fourth-order valence-corrected chi connectivity index (χ4v) is 2.99. The van der Waals surface area contributed by atoms with Gasteiger partial charge in [0.1, 0.15) is 4.60 Å². The predicted octanol–water partition coefficient (Wildman–Crippen LogP) is 3.46. The number of aromatic nitrogens is 3. The van der Waals surface area contributed by atoms with Crippen molar-refractivity contribution in [3.8, 4) is 0 Å². The lowest BCUT2D eigenvalue weighted by atomic mass is 10.1. The highest BCUT2D eigenvalue weighted by atomic mass is 79.9. The summed E-state index contributed by atoms with van der Waals surface area (Å²) in [5, 5.41) is 3.51. The highest BCUT2D eigenvalue weighted by molar-refractivity contribution is 9.10. The minimum atomic E-state index is 0.444. The van der Waals surface area contributed by atoms with Crippen molar-refractivity contribution in [1.82, 2.24) is 14.4 Å². The third kappa shape index (κ3) is 2.08. The molecule has 1 N–H and O–H groups in total. The minimum Gasteiger partial charge on any atom is -0.364 e. The smallest absolute Gasteiger partial charge is 0.180 e. The van der Waals surface area contributed by atoms with Crippen LogP contribution in [-0.2, 0) is 0 Å². The molecule has 1 aromatic carbocycles. The molecule has 0 bridgehead atoms. The lowest BCUT2D eigenvalue weighted by molar-refractivity contribution is 1.01. The van der Waals surface area contributed by atoms with Crippen LogP contribution in [0.25, 0.3) is 5.65 Å². The first-order valence-corrected chi connectivity index (χ1v) is 7.41. The van der Waals surface area contributed by atoms with E-state index in [0.29, 0.717) is 12.0 Å². The van der Waals surface area contributed by atoms with E-state index >= 15 is 0 Å². The van der Waals surface area contributed by atoms with Crippen LogP contribution < -0.4 is 5.32 Å². The Morgan fingerprint density at radius 1 is 1.25 bits per heavy atom. The van der Waals surface area contributed by atoms with Crippen LogP contribution in [0.15, 0.2) is 53.5 Å². The maximum absolute atomic E-state index is 4.50. The Balaban J connectivity index is 1.59. The van der Waals surface area contributed by atoms with E-state index in [-0.39, 0.29) is 0 Å². The number of nitrogens with one attached hydrogen (secondary N) is 1. The van der Waals surface area contributed by atoms with Crippen molar-refractivity contribution in [3.63, 3.8) is 0 Å². The number of nitrogens with zero attached hydrogens (tertiary/aromatic N) is 3. The fraction of sp³-hybridized carbons (Fsp3) is 0.200. The van der Waals surface area contributed by atoms with Crippen molar-refractivity contribution in [2.24, 2.45) is 0 Å². The first-order valence-electron chi connectivity index (χ1n) is 6.62. The molecule has 100 valence electrons. The zero-order valence-corrected chi connectivity index (χ0v) is 12.3. The first kappa shape index (κ1) is 11.9. The Labute approximate surface area is 125 Å². The molecule has 1 aliphatic carbocycles. The number of hydrogen-bond acceptors (Lipinski definition) is 3. The number of rotatable bonds is 3. The zero-order chi connectivity index (χ0) is 13.5. The molecule has 0 radical (unpaired) electrons. The molecule has 1 aliphatic rings. The van der Waals surface area contributed by atoms with Crippen LogP contribution in [0.1, 0.15) is 17.9 Å². The number of benzene rings is 1. The number of imidazole rings is 1. The number of halogens is 1. The second kappa shape index (κ2) is 4.59. The highest BCUT2D eigenvalue weighted by Crippen LogP contribution is 2.42. The van der Waals surface area contributed by atoms with E-state index in [1.807, 2.05) is 16.8 Å². The summed E-state index contributed by atoms with van der Waals surface area (Å²) < 4.78 is 2.78. The van der Waals surface area contributed by atoms with Gasteiger partial charge in [-0.15, -0.1) is 0 Å². The largest absolute Gasteiger partial charge is 0.364 e. The summed E-state index contributed by atoms with van der Waals surface area (Å²) in [4.78, 5) is 8.86. The number of fused-ring (bicyclic) bond motifs is 1. The molecule has 4 nitrogen and oxygen atoms in total. The van der Waals surface area contributed by atoms with Gasteiger partial charge in [0, 0.05) is 30.6 Å². The van der Waals surface area contributed by atoms with Crippen LogP contribution >= 0.6 is 15.9 Å². The summed E-state index contributed by atoms with van der Waals surface area (Å²) in [6.07, 6.45) is 6.77. The first-order chi connectivity index (χ1) is 9.81. The molecule has 0 spiro atoms. The Morgan fingerprint density at radius 3 is 2.95 bits per heavy atom. The number of hydrogen-bond donors (Lipinski definition) is 1. The van der Waals surface area contributed by atoms with Gasteiger partial charge in [0.15, 0.2) is 11.5 Å². The SMILES string of the molecule is Brc1cn2ccnc2c(NC2CC2c2ccccc2)n1. The van der Waals surface area contributed by atoms with Crippen molar-refractivity contribution in [1.29, 1.82) is 0 Å². The van der Waals surface area contributed by atoms with E-state index in [4.69, 9.17) is 0 Å². The summed E-state index contributed by atoms with van der Waals surface area (Å²) >= 11 is 3.44. The predicted molar refractivity (Wildman–Crippen MR) is 81.9 cm³/mol. The number of anilines is 1. The molecule has 2 unspecified atom stereocenters. The van der Waals surface area contributed by atoms with E-state index in [1.54, 1.807) is 6.20 Å². The molecule has 0 saturated heterocycles. The normalized spacial score (nSPS) is 21.1. The van der Waals surface area contributed by atoms with Gasteiger partial charge >= 0.3 is 0 Å². The summed E-state index contributed by atoms with van der Waals surface area (Å²) in [5.74, 6) is 1.42. The maximum Gasteiger partial charge on any atom is 0.180 e. The van der Waals surface area contributed by atoms with Gasteiger partial charge in [-0.1, -0.05) is 30.3 Å². The van der Waals surface area contributed by atoms with Crippen LogP contribution in [-0.4, -0.2) is 20.4 Å². The maximum atomic E-state index is 4.50. The second-order valence-corrected chi connectivity index (χ2v) is 5.89. The monoisotopic (exact) mass is 328 g/mol. The third-order valence-electron chi connectivity index (χ3n) is 3.68.